The van der Waals surface area contributed by atoms with E-state index in [9.17, 15) is 0 Å². The van der Waals surface area contributed by atoms with Crippen molar-refractivity contribution < 1.29 is 0 Å². The van der Waals surface area contributed by atoms with E-state index in [0.717, 1.165) is 25.1 Å². The first-order valence-corrected chi connectivity index (χ1v) is 7.99. The van der Waals surface area contributed by atoms with E-state index < -0.39 is 0 Å². The Hall–Kier alpha value is -1.67. The number of hydrogen-bond acceptors (Lipinski definition) is 2. The second-order valence-electron chi connectivity index (χ2n) is 5.61. The van der Waals surface area contributed by atoms with Gasteiger partial charge in [-0.15, -0.1) is 0 Å². The summed E-state index contributed by atoms with van der Waals surface area (Å²) in [5.74, 6) is 0. The largest absolute Gasteiger partial charge is 0.310 e. The molecule has 0 saturated carbocycles. The Morgan fingerprint density at radius 1 is 1.00 bits per heavy atom. The van der Waals surface area contributed by atoms with Gasteiger partial charge in [-0.3, -0.25) is 4.98 Å². The Balaban J connectivity index is 1.98. The summed E-state index contributed by atoms with van der Waals surface area (Å²) in [6, 6.07) is 13.6. The lowest BCUT2D eigenvalue weighted by Gasteiger charge is -2.14. The minimum atomic E-state index is 0.418. The highest BCUT2D eigenvalue weighted by molar-refractivity contribution is 5.28. The predicted octanol–water partition coefficient (Wildman–Crippen LogP) is 4.30. The van der Waals surface area contributed by atoms with E-state index in [0.29, 0.717) is 6.04 Å². The van der Waals surface area contributed by atoms with Crippen LogP contribution in [0.4, 0.5) is 0 Å². The van der Waals surface area contributed by atoms with Gasteiger partial charge in [-0.25, -0.2) is 0 Å². The van der Waals surface area contributed by atoms with E-state index in [1.54, 1.807) is 0 Å². The normalized spacial score (nSPS) is 12.3. The molecule has 112 valence electrons. The second-order valence-corrected chi connectivity index (χ2v) is 5.61. The number of nitrogens with one attached hydrogen (secondary N) is 1. The maximum absolute atomic E-state index is 4.53. The van der Waals surface area contributed by atoms with Crippen LogP contribution in [0.5, 0.6) is 0 Å². The smallest absolute Gasteiger partial charge is 0.0447 e. The van der Waals surface area contributed by atoms with Crippen LogP contribution >= 0.6 is 0 Å². The van der Waals surface area contributed by atoms with Gasteiger partial charge in [-0.2, -0.15) is 0 Å². The third-order valence-corrected chi connectivity index (χ3v) is 3.86. The lowest BCUT2D eigenvalue weighted by Crippen LogP contribution is -2.19. The van der Waals surface area contributed by atoms with Crippen LogP contribution in [0.1, 0.15) is 55.6 Å². The molecule has 2 nitrogen and oxygen atoms in total. The van der Waals surface area contributed by atoms with Gasteiger partial charge >= 0.3 is 0 Å². The van der Waals surface area contributed by atoms with Crippen molar-refractivity contribution >= 4 is 0 Å². The Bertz CT molecular complexity index is 528. The summed E-state index contributed by atoms with van der Waals surface area (Å²) >= 11 is 0. The summed E-state index contributed by atoms with van der Waals surface area (Å²) in [4.78, 5) is 4.53. The number of nitrogens with zero attached hydrogens (tertiary/aromatic N) is 1. The van der Waals surface area contributed by atoms with Crippen LogP contribution in [-0.2, 0) is 12.8 Å². The Kier molecular flexibility index (Phi) is 5.94. The predicted molar refractivity (Wildman–Crippen MR) is 89.6 cm³/mol. The highest BCUT2D eigenvalue weighted by Crippen LogP contribution is 2.15. The lowest BCUT2D eigenvalue weighted by atomic mass is 10.0. The van der Waals surface area contributed by atoms with Gasteiger partial charge in [0, 0.05) is 24.4 Å². The molecule has 1 unspecified atom stereocenters. The van der Waals surface area contributed by atoms with Crippen LogP contribution in [0.3, 0.4) is 0 Å². The van der Waals surface area contributed by atoms with E-state index >= 15 is 0 Å². The Morgan fingerprint density at radius 2 is 1.71 bits per heavy atom. The topological polar surface area (TPSA) is 24.9 Å². The number of rotatable bonds is 7. The molecule has 2 heteroatoms. The molecule has 21 heavy (non-hydrogen) atoms. The van der Waals surface area contributed by atoms with Crippen LogP contribution in [-0.4, -0.2) is 11.5 Å². The van der Waals surface area contributed by atoms with Crippen molar-refractivity contribution in [3.63, 3.8) is 0 Å². The first kappa shape index (κ1) is 15.7. The lowest BCUT2D eigenvalue weighted by molar-refractivity contribution is 0.570. The summed E-state index contributed by atoms with van der Waals surface area (Å²) in [6.45, 7) is 7.63. The number of hydrogen-bond donors (Lipinski definition) is 1. The molecule has 0 aliphatic carbocycles. The molecule has 0 amide bonds. The quantitative estimate of drug-likeness (QED) is 0.819. The Morgan fingerprint density at radius 3 is 2.29 bits per heavy atom. The standard InChI is InChI=1S/C19H26N2/c1-4-12-20-15(3)18-9-6-17(7-10-18)13-19-11-8-16(5-2)14-21-19/h6-11,14-15,20H,4-5,12-13H2,1-3H3. The van der Waals surface area contributed by atoms with Crippen LogP contribution in [0.2, 0.25) is 0 Å². The first-order chi connectivity index (χ1) is 10.2. The zero-order valence-corrected chi connectivity index (χ0v) is 13.4. The van der Waals surface area contributed by atoms with E-state index in [4.69, 9.17) is 0 Å². The molecule has 1 heterocycles. The third-order valence-electron chi connectivity index (χ3n) is 3.86. The number of aryl methyl sites for hydroxylation is 1. The van der Waals surface area contributed by atoms with Crippen molar-refractivity contribution in [2.75, 3.05) is 6.54 Å². The van der Waals surface area contributed by atoms with E-state index in [2.05, 4.69) is 67.5 Å². The van der Waals surface area contributed by atoms with Crippen molar-refractivity contribution in [1.82, 2.24) is 10.3 Å². The zero-order valence-electron chi connectivity index (χ0n) is 13.4. The number of aromatic nitrogens is 1. The molecule has 1 N–H and O–H groups in total. The number of benzene rings is 1. The van der Waals surface area contributed by atoms with Gasteiger partial charge in [0.15, 0.2) is 0 Å². The molecule has 2 rings (SSSR count). The van der Waals surface area contributed by atoms with Gasteiger partial charge in [-0.1, -0.05) is 44.2 Å². The molecule has 0 bridgehead atoms. The van der Waals surface area contributed by atoms with E-state index in [1.165, 1.54) is 23.1 Å². The van der Waals surface area contributed by atoms with Crippen LogP contribution in [0.25, 0.3) is 0 Å². The fraction of sp³-hybridized carbons (Fsp3) is 0.421. The molecule has 2 aromatic rings. The molecule has 0 radical (unpaired) electrons. The summed E-state index contributed by atoms with van der Waals surface area (Å²) < 4.78 is 0. The SMILES string of the molecule is CCCNC(C)c1ccc(Cc2ccc(CC)cn2)cc1. The highest BCUT2D eigenvalue weighted by Gasteiger charge is 2.04. The Labute approximate surface area is 128 Å². The van der Waals surface area contributed by atoms with Gasteiger partial charge in [0.1, 0.15) is 0 Å². The molecule has 0 spiro atoms. The second kappa shape index (κ2) is 7.94. The monoisotopic (exact) mass is 282 g/mol. The van der Waals surface area contributed by atoms with Gasteiger partial charge in [-0.05, 0) is 49.1 Å². The summed E-state index contributed by atoms with van der Waals surface area (Å²) in [5, 5.41) is 3.52. The van der Waals surface area contributed by atoms with E-state index in [-0.39, 0.29) is 0 Å². The highest BCUT2D eigenvalue weighted by atomic mass is 14.9. The maximum Gasteiger partial charge on any atom is 0.0447 e. The summed E-state index contributed by atoms with van der Waals surface area (Å²) in [6.07, 6.45) is 5.11. The summed E-state index contributed by atoms with van der Waals surface area (Å²) in [7, 11) is 0. The molecule has 0 fully saturated rings. The van der Waals surface area contributed by atoms with Crippen molar-refractivity contribution in [1.29, 1.82) is 0 Å². The maximum atomic E-state index is 4.53. The molecule has 0 aliphatic rings. The van der Waals surface area contributed by atoms with Crippen LogP contribution in [0, 0.1) is 0 Å². The van der Waals surface area contributed by atoms with E-state index in [1.807, 2.05) is 6.20 Å². The van der Waals surface area contributed by atoms with Crippen molar-refractivity contribution in [2.24, 2.45) is 0 Å². The molecule has 1 aromatic heterocycles. The molecular formula is C19H26N2. The van der Waals surface area contributed by atoms with Crippen LogP contribution < -0.4 is 5.32 Å². The first-order valence-electron chi connectivity index (χ1n) is 7.99. The fourth-order valence-corrected chi connectivity index (χ4v) is 2.38. The molecule has 1 atom stereocenters. The molecule has 0 saturated heterocycles. The van der Waals surface area contributed by atoms with Crippen LogP contribution in [0.15, 0.2) is 42.6 Å². The minimum Gasteiger partial charge on any atom is -0.310 e. The van der Waals surface area contributed by atoms with Gasteiger partial charge in [0.05, 0.1) is 0 Å². The van der Waals surface area contributed by atoms with Gasteiger partial charge < -0.3 is 5.32 Å². The van der Waals surface area contributed by atoms with Crippen molar-refractivity contribution in [2.45, 2.75) is 46.1 Å². The summed E-state index contributed by atoms with van der Waals surface area (Å²) in [5.41, 5.74) is 5.10. The average molecular weight is 282 g/mol. The van der Waals surface area contributed by atoms with Gasteiger partial charge in [0.2, 0.25) is 0 Å². The molecular weight excluding hydrogens is 256 g/mol. The van der Waals surface area contributed by atoms with Crippen molar-refractivity contribution in [3.8, 4) is 0 Å². The molecule has 0 aliphatic heterocycles. The van der Waals surface area contributed by atoms with Crippen molar-refractivity contribution in [3.05, 3.63) is 65.0 Å². The van der Waals surface area contributed by atoms with Gasteiger partial charge in [0.25, 0.3) is 0 Å². The third kappa shape index (κ3) is 4.68. The minimum absolute atomic E-state index is 0.418. The molecule has 1 aromatic carbocycles. The fourth-order valence-electron chi connectivity index (χ4n) is 2.38. The zero-order chi connectivity index (χ0) is 15.1. The number of pyridine rings is 1. The average Bonchev–Trinajstić information content (AvgIpc) is 2.54.